The Kier molecular flexibility index (Phi) is 4.58. The number of hydrogen-bond acceptors (Lipinski definition) is 7. The largest absolute Gasteiger partial charge is 0.868 e. The summed E-state index contributed by atoms with van der Waals surface area (Å²) in [5.74, 6) is -3.63. The number of nitrogens with zero attached hydrogens (tertiary/aromatic N) is 2. The highest BCUT2D eigenvalue weighted by molar-refractivity contribution is 6.05. The van der Waals surface area contributed by atoms with Crippen molar-refractivity contribution in [3.05, 3.63) is 46.0 Å². The standard InChI is InChI=1S/C18H18N2O6/c1-9-15(18(23)26-2)16(17-11(19-9)4-3-5-14(17)22)10-6-7-13(21)12(8-10)20(24)25/h3,5-8,11,15-17,21H,4H2,1-2H3/p-1/t11-,15?,16+,17-/m0/s1. The number of benzene rings is 1. The molecule has 1 aromatic carbocycles. The number of methoxy groups -OCH3 is 1. The van der Waals surface area contributed by atoms with Crippen LogP contribution in [0.3, 0.4) is 0 Å². The van der Waals surface area contributed by atoms with Gasteiger partial charge >= 0.3 is 5.97 Å². The van der Waals surface area contributed by atoms with Crippen molar-refractivity contribution in [1.29, 1.82) is 0 Å². The van der Waals surface area contributed by atoms with Gasteiger partial charge in [-0.25, -0.2) is 0 Å². The monoisotopic (exact) mass is 357 g/mol. The van der Waals surface area contributed by atoms with E-state index in [1.54, 1.807) is 13.0 Å². The number of nitro benzene ring substituents is 1. The zero-order chi connectivity index (χ0) is 19.0. The molecule has 26 heavy (non-hydrogen) atoms. The van der Waals surface area contributed by atoms with Gasteiger partial charge in [0.15, 0.2) is 5.78 Å². The normalized spacial score (nSPS) is 27.5. The molecule has 8 nitrogen and oxygen atoms in total. The smallest absolute Gasteiger partial charge is 0.315 e. The summed E-state index contributed by atoms with van der Waals surface area (Å²) in [6, 6.07) is 3.35. The number of aliphatic imine (C=N–C) groups is 1. The first-order valence-electron chi connectivity index (χ1n) is 8.13. The second-order valence-electron chi connectivity index (χ2n) is 6.41. The topological polar surface area (TPSA) is 122 Å². The van der Waals surface area contributed by atoms with Gasteiger partial charge in [-0.1, -0.05) is 18.2 Å². The second-order valence-corrected chi connectivity index (χ2v) is 6.41. The van der Waals surface area contributed by atoms with E-state index in [9.17, 15) is 24.8 Å². The van der Waals surface area contributed by atoms with E-state index in [1.165, 1.54) is 19.3 Å². The van der Waals surface area contributed by atoms with Crippen molar-refractivity contribution in [3.63, 3.8) is 0 Å². The third kappa shape index (κ3) is 2.87. The van der Waals surface area contributed by atoms with E-state index in [-0.39, 0.29) is 11.8 Å². The Morgan fingerprint density at radius 2 is 2.08 bits per heavy atom. The number of hydrogen-bond donors (Lipinski definition) is 0. The van der Waals surface area contributed by atoms with E-state index < -0.39 is 40.1 Å². The lowest BCUT2D eigenvalue weighted by atomic mass is 9.66. The van der Waals surface area contributed by atoms with Crippen molar-refractivity contribution in [2.24, 2.45) is 16.8 Å². The molecule has 0 radical (unpaired) electrons. The Morgan fingerprint density at radius 1 is 1.35 bits per heavy atom. The third-order valence-electron chi connectivity index (χ3n) is 4.99. The van der Waals surface area contributed by atoms with Gasteiger partial charge in [0.05, 0.1) is 24.0 Å². The molecule has 0 fully saturated rings. The number of rotatable bonds is 3. The fourth-order valence-electron chi connectivity index (χ4n) is 3.86. The highest BCUT2D eigenvalue weighted by Crippen LogP contribution is 2.44. The van der Waals surface area contributed by atoms with Gasteiger partial charge in [0.25, 0.3) is 5.69 Å². The van der Waals surface area contributed by atoms with Crippen LogP contribution in [0.5, 0.6) is 5.75 Å². The molecule has 0 saturated carbocycles. The number of fused-ring (bicyclic) bond motifs is 1. The van der Waals surface area contributed by atoms with E-state index in [0.717, 1.165) is 12.1 Å². The summed E-state index contributed by atoms with van der Waals surface area (Å²) in [5.41, 5.74) is 0.321. The molecule has 0 bridgehead atoms. The maximum absolute atomic E-state index is 12.6. The predicted octanol–water partition coefficient (Wildman–Crippen LogP) is 1.53. The molecule has 1 aliphatic heterocycles. The Hall–Kier alpha value is -3.03. The maximum atomic E-state index is 12.6. The number of ether oxygens (including phenoxy) is 1. The lowest BCUT2D eigenvalue weighted by molar-refractivity contribution is -0.398. The molecule has 1 aliphatic carbocycles. The SMILES string of the molecule is COC(=O)C1C(C)=N[C@H]2CC=CC(=O)[C@H]2[C@@H]1c1ccc([O-])c([N+](=O)[O-])c1. The summed E-state index contributed by atoms with van der Waals surface area (Å²) in [6.07, 6.45) is 3.73. The minimum Gasteiger partial charge on any atom is -0.868 e. The molecule has 1 heterocycles. The number of ketones is 1. The van der Waals surface area contributed by atoms with Crippen LogP contribution in [-0.2, 0) is 14.3 Å². The van der Waals surface area contributed by atoms with Crippen molar-refractivity contribution in [2.75, 3.05) is 7.11 Å². The molecule has 0 amide bonds. The number of allylic oxidation sites excluding steroid dienone is 1. The minimum atomic E-state index is -0.839. The van der Waals surface area contributed by atoms with Gasteiger partial charge in [0, 0.05) is 17.7 Å². The van der Waals surface area contributed by atoms with Crippen LogP contribution >= 0.6 is 0 Å². The summed E-state index contributed by atoms with van der Waals surface area (Å²) >= 11 is 0. The number of nitro groups is 1. The Balaban J connectivity index is 2.18. The molecular formula is C18H17N2O6-. The summed E-state index contributed by atoms with van der Waals surface area (Å²) in [5, 5.41) is 22.9. The third-order valence-corrected chi connectivity index (χ3v) is 4.99. The maximum Gasteiger partial charge on any atom is 0.315 e. The number of carbonyl (C=O) groups is 2. The molecule has 0 spiro atoms. The fraction of sp³-hybridized carbons (Fsp3) is 0.389. The van der Waals surface area contributed by atoms with Crippen molar-refractivity contribution in [3.8, 4) is 5.75 Å². The van der Waals surface area contributed by atoms with E-state index in [4.69, 9.17) is 4.74 Å². The summed E-state index contributed by atoms with van der Waals surface area (Å²) in [6.45, 7) is 1.68. The summed E-state index contributed by atoms with van der Waals surface area (Å²) in [7, 11) is 1.24. The van der Waals surface area contributed by atoms with Gasteiger partial charge in [-0.3, -0.25) is 24.7 Å². The van der Waals surface area contributed by atoms with Crippen LogP contribution < -0.4 is 5.11 Å². The van der Waals surface area contributed by atoms with Crippen LogP contribution in [0.25, 0.3) is 0 Å². The predicted molar refractivity (Wildman–Crippen MR) is 89.9 cm³/mol. The van der Waals surface area contributed by atoms with Crippen LogP contribution in [0, 0.1) is 22.0 Å². The average molecular weight is 357 g/mol. The second kappa shape index (κ2) is 6.70. The summed E-state index contributed by atoms with van der Waals surface area (Å²) < 4.78 is 4.88. The Morgan fingerprint density at radius 3 is 2.73 bits per heavy atom. The van der Waals surface area contributed by atoms with Crippen molar-refractivity contribution in [1.82, 2.24) is 0 Å². The van der Waals surface area contributed by atoms with Gasteiger partial charge in [-0.2, -0.15) is 0 Å². The van der Waals surface area contributed by atoms with E-state index >= 15 is 0 Å². The molecule has 4 atom stereocenters. The first-order valence-corrected chi connectivity index (χ1v) is 8.13. The molecule has 2 aliphatic rings. The van der Waals surface area contributed by atoms with Gasteiger partial charge in [-0.15, -0.1) is 0 Å². The van der Waals surface area contributed by atoms with Crippen LogP contribution in [0.1, 0.15) is 24.8 Å². The van der Waals surface area contributed by atoms with E-state index in [0.29, 0.717) is 17.7 Å². The average Bonchev–Trinajstić information content (AvgIpc) is 2.60. The van der Waals surface area contributed by atoms with Crippen LogP contribution in [0.2, 0.25) is 0 Å². The molecule has 1 aromatic rings. The van der Waals surface area contributed by atoms with E-state index in [2.05, 4.69) is 4.99 Å². The molecule has 3 rings (SSSR count). The van der Waals surface area contributed by atoms with Crippen molar-refractivity contribution < 1.29 is 24.4 Å². The van der Waals surface area contributed by atoms with Gasteiger partial charge in [0.1, 0.15) is 5.92 Å². The molecule has 0 N–H and O–H groups in total. The Labute approximate surface area is 149 Å². The minimum absolute atomic E-state index is 0.190. The van der Waals surface area contributed by atoms with Crippen LogP contribution in [0.15, 0.2) is 35.3 Å². The first kappa shape index (κ1) is 17.8. The first-order chi connectivity index (χ1) is 12.3. The summed E-state index contributed by atoms with van der Waals surface area (Å²) in [4.78, 5) is 39.9. The lowest BCUT2D eigenvalue weighted by Crippen LogP contribution is -2.46. The molecule has 8 heteroatoms. The van der Waals surface area contributed by atoms with Gasteiger partial charge < -0.3 is 9.84 Å². The van der Waals surface area contributed by atoms with E-state index in [1.807, 2.05) is 0 Å². The highest BCUT2D eigenvalue weighted by atomic mass is 16.6. The molecule has 0 aromatic heterocycles. The molecular weight excluding hydrogens is 340 g/mol. The number of carbonyl (C=O) groups excluding carboxylic acids is 2. The van der Waals surface area contributed by atoms with Crippen LogP contribution in [-0.4, -0.2) is 35.5 Å². The molecule has 0 saturated heterocycles. The molecule has 136 valence electrons. The zero-order valence-electron chi connectivity index (χ0n) is 14.2. The van der Waals surface area contributed by atoms with Gasteiger partial charge in [-0.05, 0) is 30.7 Å². The molecule has 1 unspecified atom stereocenters. The quantitative estimate of drug-likeness (QED) is 0.459. The highest BCUT2D eigenvalue weighted by Gasteiger charge is 2.48. The lowest BCUT2D eigenvalue weighted by Gasteiger charge is -2.40. The van der Waals surface area contributed by atoms with Crippen LogP contribution in [0.4, 0.5) is 5.69 Å². The zero-order valence-corrected chi connectivity index (χ0v) is 14.2. The van der Waals surface area contributed by atoms with Crippen molar-refractivity contribution >= 4 is 23.2 Å². The Bertz CT molecular complexity index is 844. The van der Waals surface area contributed by atoms with Crippen molar-refractivity contribution in [2.45, 2.75) is 25.3 Å². The van der Waals surface area contributed by atoms with Gasteiger partial charge in [0.2, 0.25) is 0 Å². The fourth-order valence-corrected chi connectivity index (χ4v) is 3.86. The number of esters is 1.